The number of nitrogens with zero attached hydrogens (tertiary/aromatic N) is 1. The van der Waals surface area contributed by atoms with E-state index in [1.807, 2.05) is 49.4 Å². The first-order valence-corrected chi connectivity index (χ1v) is 8.44. The summed E-state index contributed by atoms with van der Waals surface area (Å²) in [5, 5.41) is 3.23. The Kier molecular flexibility index (Phi) is 4.98. The lowest BCUT2D eigenvalue weighted by Crippen LogP contribution is -2.32. The van der Waals surface area contributed by atoms with Crippen LogP contribution in [-0.2, 0) is 11.2 Å². The Hall–Kier alpha value is -2.27. The molecule has 2 aromatic carbocycles. The van der Waals surface area contributed by atoms with E-state index < -0.39 is 0 Å². The van der Waals surface area contributed by atoms with Crippen LogP contribution in [0.4, 0.5) is 0 Å². The van der Waals surface area contributed by atoms with Crippen LogP contribution in [0, 0.1) is 0 Å². The molecule has 0 spiro atoms. The fourth-order valence-corrected chi connectivity index (χ4v) is 3.01. The van der Waals surface area contributed by atoms with Gasteiger partial charge in [0.05, 0.1) is 5.25 Å². The fraction of sp³-hybridized carbons (Fsp3) is 0.222. The molecule has 0 aliphatic carbocycles. The summed E-state index contributed by atoms with van der Waals surface area (Å²) in [6.07, 6.45) is 0.826. The molecule has 3 rings (SSSR count). The van der Waals surface area contributed by atoms with Gasteiger partial charge >= 0.3 is 0 Å². The quantitative estimate of drug-likeness (QED) is 0.702. The highest BCUT2D eigenvalue weighted by molar-refractivity contribution is 8.00. The number of para-hydroxylation sites is 2. The number of nitrogens with one attached hydrogen (secondary N) is 1. The molecule has 1 atom stereocenters. The Morgan fingerprint density at radius 1 is 1.17 bits per heavy atom. The lowest BCUT2D eigenvalue weighted by Gasteiger charge is -2.09. The van der Waals surface area contributed by atoms with Gasteiger partial charge in [0.15, 0.2) is 5.58 Å². The van der Waals surface area contributed by atoms with Crippen LogP contribution >= 0.6 is 11.8 Å². The molecule has 1 unspecified atom stereocenters. The van der Waals surface area contributed by atoms with Crippen molar-refractivity contribution in [2.24, 2.45) is 0 Å². The Labute approximate surface area is 139 Å². The first-order valence-electron chi connectivity index (χ1n) is 7.56. The number of hydrogen-bond acceptors (Lipinski definition) is 4. The van der Waals surface area contributed by atoms with Crippen LogP contribution in [0.25, 0.3) is 11.1 Å². The summed E-state index contributed by atoms with van der Waals surface area (Å²) in [4.78, 5) is 16.5. The second kappa shape index (κ2) is 7.33. The van der Waals surface area contributed by atoms with E-state index in [-0.39, 0.29) is 11.2 Å². The van der Waals surface area contributed by atoms with E-state index in [9.17, 15) is 4.79 Å². The zero-order valence-corrected chi connectivity index (χ0v) is 13.7. The number of carbonyl (C=O) groups is 1. The molecular formula is C18H18N2O2S. The third-order valence-corrected chi connectivity index (χ3v) is 4.42. The minimum absolute atomic E-state index is 0.00631. The van der Waals surface area contributed by atoms with E-state index in [1.165, 1.54) is 17.3 Å². The molecule has 4 nitrogen and oxygen atoms in total. The molecule has 0 saturated carbocycles. The van der Waals surface area contributed by atoms with E-state index in [4.69, 9.17) is 4.42 Å². The second-order valence-corrected chi connectivity index (χ2v) is 6.53. The number of rotatable bonds is 6. The molecule has 1 heterocycles. The number of hydrogen-bond donors (Lipinski definition) is 1. The summed E-state index contributed by atoms with van der Waals surface area (Å²) in [5.74, 6) is -0.00631. The molecule has 3 aromatic rings. The predicted octanol–water partition coefficient (Wildman–Crippen LogP) is 3.67. The van der Waals surface area contributed by atoms with Crippen LogP contribution in [0.15, 0.2) is 64.2 Å². The summed E-state index contributed by atoms with van der Waals surface area (Å²) in [5.41, 5.74) is 2.77. The number of benzene rings is 2. The van der Waals surface area contributed by atoms with Crippen molar-refractivity contribution in [2.45, 2.75) is 23.8 Å². The van der Waals surface area contributed by atoms with Crippen molar-refractivity contribution < 1.29 is 9.21 Å². The summed E-state index contributed by atoms with van der Waals surface area (Å²) < 4.78 is 5.63. The summed E-state index contributed by atoms with van der Waals surface area (Å²) in [6.45, 7) is 2.48. The maximum atomic E-state index is 12.2. The lowest BCUT2D eigenvalue weighted by molar-refractivity contribution is -0.120. The lowest BCUT2D eigenvalue weighted by atomic mass is 10.1. The van der Waals surface area contributed by atoms with Gasteiger partial charge in [-0.2, -0.15) is 0 Å². The van der Waals surface area contributed by atoms with Crippen LogP contribution in [-0.4, -0.2) is 22.7 Å². The van der Waals surface area contributed by atoms with Gasteiger partial charge in [-0.05, 0) is 31.0 Å². The van der Waals surface area contributed by atoms with Crippen LogP contribution in [0.5, 0.6) is 0 Å². The zero-order valence-electron chi connectivity index (χ0n) is 12.9. The average molecular weight is 326 g/mol. The molecule has 1 aromatic heterocycles. The smallest absolute Gasteiger partial charge is 0.257 e. The number of thioether (sulfide) groups is 1. The normalized spacial score (nSPS) is 12.2. The molecule has 1 amide bonds. The Bertz CT molecular complexity index is 753. The summed E-state index contributed by atoms with van der Waals surface area (Å²) in [7, 11) is 0. The minimum Gasteiger partial charge on any atom is -0.431 e. The number of fused-ring (bicyclic) bond motifs is 1. The van der Waals surface area contributed by atoms with Crippen molar-refractivity contribution in [1.29, 1.82) is 0 Å². The number of amides is 1. The van der Waals surface area contributed by atoms with Gasteiger partial charge in [0, 0.05) is 6.54 Å². The maximum Gasteiger partial charge on any atom is 0.257 e. The molecule has 0 radical (unpaired) electrons. The fourth-order valence-electron chi connectivity index (χ4n) is 2.22. The number of oxazole rings is 1. The monoisotopic (exact) mass is 326 g/mol. The van der Waals surface area contributed by atoms with Gasteiger partial charge in [-0.3, -0.25) is 4.79 Å². The maximum absolute atomic E-state index is 12.2. The van der Waals surface area contributed by atoms with Gasteiger partial charge in [-0.15, -0.1) is 0 Å². The largest absolute Gasteiger partial charge is 0.431 e. The van der Waals surface area contributed by atoms with Crippen molar-refractivity contribution in [3.8, 4) is 0 Å². The van der Waals surface area contributed by atoms with Gasteiger partial charge in [-0.1, -0.05) is 54.2 Å². The highest BCUT2D eigenvalue weighted by Gasteiger charge is 2.17. The SMILES string of the molecule is CC(Sc1nc2ccccc2o1)C(=O)NCCc1ccccc1. The molecule has 5 heteroatoms. The van der Waals surface area contributed by atoms with Crippen LogP contribution < -0.4 is 5.32 Å². The van der Waals surface area contributed by atoms with Crippen molar-refractivity contribution in [1.82, 2.24) is 10.3 Å². The predicted molar refractivity (Wildman–Crippen MR) is 92.5 cm³/mol. The van der Waals surface area contributed by atoms with Gasteiger partial charge in [-0.25, -0.2) is 4.98 Å². The highest BCUT2D eigenvalue weighted by atomic mass is 32.2. The van der Waals surface area contributed by atoms with Gasteiger partial charge in [0.2, 0.25) is 5.91 Å². The standard InChI is InChI=1S/C18H18N2O2S/c1-13(17(21)19-12-11-14-7-3-2-4-8-14)23-18-20-15-9-5-6-10-16(15)22-18/h2-10,13H,11-12H2,1H3,(H,19,21). The Balaban J connectivity index is 1.51. The summed E-state index contributed by atoms with van der Waals surface area (Å²) in [6, 6.07) is 17.7. The number of carbonyl (C=O) groups excluding carboxylic acids is 1. The molecule has 0 aliphatic rings. The Morgan fingerprint density at radius 3 is 2.70 bits per heavy atom. The average Bonchev–Trinajstić information content (AvgIpc) is 2.98. The molecular weight excluding hydrogens is 308 g/mol. The van der Waals surface area contributed by atoms with E-state index in [0.717, 1.165) is 17.5 Å². The van der Waals surface area contributed by atoms with Gasteiger partial charge in [0.1, 0.15) is 5.52 Å². The third-order valence-electron chi connectivity index (χ3n) is 3.48. The molecule has 0 fully saturated rings. The first kappa shape index (κ1) is 15.6. The molecule has 118 valence electrons. The first-order chi connectivity index (χ1) is 11.2. The third kappa shape index (κ3) is 4.13. The summed E-state index contributed by atoms with van der Waals surface area (Å²) >= 11 is 1.33. The van der Waals surface area contributed by atoms with Crippen LogP contribution in [0.1, 0.15) is 12.5 Å². The van der Waals surface area contributed by atoms with Gasteiger partial charge in [0.25, 0.3) is 5.22 Å². The van der Waals surface area contributed by atoms with Crippen molar-refractivity contribution in [3.05, 3.63) is 60.2 Å². The van der Waals surface area contributed by atoms with E-state index >= 15 is 0 Å². The van der Waals surface area contributed by atoms with Gasteiger partial charge < -0.3 is 9.73 Å². The Morgan fingerprint density at radius 2 is 1.91 bits per heavy atom. The molecule has 0 bridgehead atoms. The van der Waals surface area contributed by atoms with Crippen LogP contribution in [0.3, 0.4) is 0 Å². The minimum atomic E-state index is -0.251. The molecule has 0 aliphatic heterocycles. The number of aromatic nitrogens is 1. The zero-order chi connectivity index (χ0) is 16.1. The van der Waals surface area contributed by atoms with E-state index in [2.05, 4.69) is 22.4 Å². The molecule has 23 heavy (non-hydrogen) atoms. The van der Waals surface area contributed by atoms with Crippen molar-refractivity contribution >= 4 is 28.8 Å². The molecule has 0 saturated heterocycles. The van der Waals surface area contributed by atoms with E-state index in [1.54, 1.807) is 0 Å². The second-order valence-electron chi connectivity index (χ2n) is 5.23. The highest BCUT2D eigenvalue weighted by Crippen LogP contribution is 2.26. The van der Waals surface area contributed by atoms with E-state index in [0.29, 0.717) is 11.8 Å². The topological polar surface area (TPSA) is 55.1 Å². The van der Waals surface area contributed by atoms with Crippen molar-refractivity contribution in [2.75, 3.05) is 6.54 Å². The van der Waals surface area contributed by atoms with Crippen molar-refractivity contribution in [3.63, 3.8) is 0 Å². The molecule has 1 N–H and O–H groups in total. The van der Waals surface area contributed by atoms with Crippen LogP contribution in [0.2, 0.25) is 0 Å².